The van der Waals surface area contributed by atoms with Crippen LogP contribution in [0.2, 0.25) is 0 Å². The van der Waals surface area contributed by atoms with Gasteiger partial charge in [0.15, 0.2) is 0 Å². The number of carbonyl (C=O) groups excluding carboxylic acids is 2. The molecule has 0 saturated heterocycles. The van der Waals surface area contributed by atoms with Crippen molar-refractivity contribution in [2.75, 3.05) is 20.0 Å². The maximum absolute atomic E-state index is 13.2. The number of hydrogen-bond acceptors (Lipinski definition) is 5. The zero-order valence-electron chi connectivity index (χ0n) is 14.7. The Morgan fingerprint density at radius 3 is 1.77 bits per heavy atom. The van der Waals surface area contributed by atoms with Crippen LogP contribution in [0.4, 0.5) is 14.5 Å². The molecule has 2 aromatic rings. The quantitative estimate of drug-likeness (QED) is 0.571. The lowest BCUT2D eigenvalue weighted by Crippen LogP contribution is -2.06. The predicted molar refractivity (Wildman–Crippen MR) is 97.1 cm³/mol. The third-order valence-corrected chi connectivity index (χ3v) is 4.18. The molecule has 0 saturated carbocycles. The predicted octanol–water partition coefficient (Wildman–Crippen LogP) is 4.19. The van der Waals surface area contributed by atoms with Crippen molar-refractivity contribution < 1.29 is 27.8 Å². The topological polar surface area (TPSA) is 78.6 Å². The minimum absolute atomic E-state index is 0.0325. The highest BCUT2D eigenvalue weighted by Gasteiger charge is 2.14. The first-order valence-corrected chi connectivity index (χ1v) is 8.10. The van der Waals surface area contributed by atoms with Crippen LogP contribution in [0.15, 0.2) is 28.7 Å². The SMILES string of the molecule is COC(=O)c1ccc(Br)c(F)c1C.COC(=O)c1ccc(N)c(F)c1C. The fraction of sp³-hybridized carbons (Fsp3) is 0.222. The van der Waals surface area contributed by atoms with Crippen LogP contribution in [0.3, 0.4) is 0 Å². The minimum atomic E-state index is -0.567. The molecule has 2 rings (SSSR count). The Morgan fingerprint density at radius 1 is 0.885 bits per heavy atom. The molecular weight excluding hydrogens is 412 g/mol. The molecule has 0 spiro atoms. The lowest BCUT2D eigenvalue weighted by Gasteiger charge is -2.05. The summed E-state index contributed by atoms with van der Waals surface area (Å²) in [6.07, 6.45) is 0. The van der Waals surface area contributed by atoms with Gasteiger partial charge in [-0.05, 0) is 54.0 Å². The standard InChI is InChI=1S/C9H8BrFO2.C9H10FNO2/c1-5-6(9(12)13-2)3-4-7(10)8(5)11;1-5-6(9(12)13-2)3-4-7(11)8(5)10/h3-4H,1-2H3;3-4H,11H2,1-2H3. The maximum Gasteiger partial charge on any atom is 0.338 e. The average Bonchev–Trinajstić information content (AvgIpc) is 2.64. The van der Waals surface area contributed by atoms with Crippen molar-refractivity contribution in [2.24, 2.45) is 0 Å². The zero-order chi connectivity index (χ0) is 20.0. The largest absolute Gasteiger partial charge is 0.465 e. The van der Waals surface area contributed by atoms with E-state index in [4.69, 9.17) is 5.73 Å². The molecule has 26 heavy (non-hydrogen) atoms. The summed E-state index contributed by atoms with van der Waals surface area (Å²) in [5, 5.41) is 0. The molecule has 140 valence electrons. The van der Waals surface area contributed by atoms with E-state index < -0.39 is 23.6 Å². The highest BCUT2D eigenvalue weighted by molar-refractivity contribution is 9.10. The van der Waals surface area contributed by atoms with E-state index in [-0.39, 0.29) is 22.4 Å². The number of halogens is 3. The fourth-order valence-corrected chi connectivity index (χ4v) is 2.45. The molecule has 0 unspecified atom stereocenters. The van der Waals surface area contributed by atoms with Crippen LogP contribution in [-0.2, 0) is 9.47 Å². The molecule has 0 aliphatic heterocycles. The van der Waals surface area contributed by atoms with Crippen LogP contribution < -0.4 is 5.73 Å². The molecule has 2 N–H and O–H groups in total. The number of ether oxygens (including phenoxy) is 2. The van der Waals surface area contributed by atoms with Gasteiger partial charge in [-0.25, -0.2) is 18.4 Å². The van der Waals surface area contributed by atoms with E-state index in [1.807, 2.05) is 0 Å². The second kappa shape index (κ2) is 9.28. The number of nitrogens with two attached hydrogens (primary N) is 1. The highest BCUT2D eigenvalue weighted by atomic mass is 79.9. The van der Waals surface area contributed by atoms with E-state index in [0.29, 0.717) is 10.0 Å². The van der Waals surface area contributed by atoms with Crippen molar-refractivity contribution in [3.63, 3.8) is 0 Å². The summed E-state index contributed by atoms with van der Waals surface area (Å²) in [6.45, 7) is 3.02. The van der Waals surface area contributed by atoms with Crippen LogP contribution in [0, 0.1) is 25.5 Å². The summed E-state index contributed by atoms with van der Waals surface area (Å²) < 4.78 is 35.7. The van der Waals surface area contributed by atoms with E-state index in [0.717, 1.165) is 0 Å². The number of hydrogen-bond donors (Lipinski definition) is 1. The molecule has 0 atom stereocenters. The van der Waals surface area contributed by atoms with Crippen LogP contribution in [0.1, 0.15) is 31.8 Å². The number of anilines is 1. The summed E-state index contributed by atoms with van der Waals surface area (Å²) >= 11 is 3.02. The molecular formula is C18H18BrF2NO4. The third-order valence-electron chi connectivity index (χ3n) is 3.57. The molecule has 2 aromatic carbocycles. The van der Waals surface area contributed by atoms with Gasteiger partial charge in [0.1, 0.15) is 11.6 Å². The third kappa shape index (κ3) is 4.78. The number of benzene rings is 2. The number of esters is 2. The summed E-state index contributed by atoms with van der Waals surface area (Å²) in [7, 11) is 2.51. The summed E-state index contributed by atoms with van der Waals surface area (Å²) in [5.41, 5.74) is 6.30. The first-order chi connectivity index (χ1) is 12.1. The Bertz CT molecular complexity index is 771. The molecule has 0 radical (unpaired) electrons. The van der Waals surface area contributed by atoms with Crippen molar-refractivity contribution in [1.29, 1.82) is 0 Å². The number of rotatable bonds is 2. The van der Waals surface area contributed by atoms with E-state index >= 15 is 0 Å². The van der Waals surface area contributed by atoms with Gasteiger partial charge < -0.3 is 15.2 Å². The van der Waals surface area contributed by atoms with Gasteiger partial charge in [-0.1, -0.05) is 0 Å². The van der Waals surface area contributed by atoms with E-state index in [9.17, 15) is 18.4 Å². The highest BCUT2D eigenvalue weighted by Crippen LogP contribution is 2.22. The van der Waals surface area contributed by atoms with Gasteiger partial charge >= 0.3 is 11.9 Å². The lowest BCUT2D eigenvalue weighted by atomic mass is 10.1. The maximum atomic E-state index is 13.2. The van der Waals surface area contributed by atoms with Gasteiger partial charge in [-0.15, -0.1) is 0 Å². The Balaban J connectivity index is 0.000000260. The Morgan fingerprint density at radius 2 is 1.31 bits per heavy atom. The second-order valence-corrected chi connectivity index (χ2v) is 6.01. The molecule has 8 heteroatoms. The van der Waals surface area contributed by atoms with E-state index in [1.54, 1.807) is 0 Å². The zero-order valence-corrected chi connectivity index (χ0v) is 16.2. The van der Waals surface area contributed by atoms with Gasteiger partial charge in [-0.2, -0.15) is 0 Å². The van der Waals surface area contributed by atoms with Crippen LogP contribution >= 0.6 is 15.9 Å². The molecule has 0 bridgehead atoms. The van der Waals surface area contributed by atoms with Crippen LogP contribution in [0.25, 0.3) is 0 Å². The first kappa shape index (κ1) is 21.6. The van der Waals surface area contributed by atoms with Gasteiger partial charge in [0.05, 0.1) is 35.5 Å². The Kier molecular flexibility index (Phi) is 7.70. The summed E-state index contributed by atoms with van der Waals surface area (Å²) in [5.74, 6) is -2.08. The molecule has 0 amide bonds. The van der Waals surface area contributed by atoms with Crippen LogP contribution in [-0.4, -0.2) is 26.2 Å². The van der Waals surface area contributed by atoms with Crippen molar-refractivity contribution in [3.05, 3.63) is 62.6 Å². The molecule has 5 nitrogen and oxygen atoms in total. The summed E-state index contributed by atoms with van der Waals surface area (Å²) in [6, 6.07) is 5.79. The molecule has 0 aliphatic rings. The Labute approximate surface area is 158 Å². The molecule has 0 fully saturated rings. The van der Waals surface area contributed by atoms with Crippen molar-refractivity contribution in [2.45, 2.75) is 13.8 Å². The molecule has 0 aliphatic carbocycles. The monoisotopic (exact) mass is 429 g/mol. The van der Waals surface area contributed by atoms with Gasteiger partial charge in [0.2, 0.25) is 0 Å². The minimum Gasteiger partial charge on any atom is -0.465 e. The smallest absolute Gasteiger partial charge is 0.338 e. The van der Waals surface area contributed by atoms with Crippen molar-refractivity contribution in [3.8, 4) is 0 Å². The van der Waals surface area contributed by atoms with Gasteiger partial charge in [0.25, 0.3) is 0 Å². The number of carbonyl (C=O) groups is 2. The van der Waals surface area contributed by atoms with Gasteiger partial charge in [-0.3, -0.25) is 0 Å². The van der Waals surface area contributed by atoms with E-state index in [2.05, 4.69) is 25.4 Å². The molecule has 0 heterocycles. The summed E-state index contributed by atoms with van der Waals surface area (Å²) in [4.78, 5) is 22.2. The fourth-order valence-electron chi connectivity index (χ4n) is 2.02. The molecule has 0 aromatic heterocycles. The van der Waals surface area contributed by atoms with Crippen LogP contribution in [0.5, 0.6) is 0 Å². The van der Waals surface area contributed by atoms with Crippen molar-refractivity contribution >= 4 is 33.6 Å². The first-order valence-electron chi connectivity index (χ1n) is 7.31. The number of nitrogen functional groups attached to an aromatic ring is 1. The van der Waals surface area contributed by atoms with Crippen molar-refractivity contribution in [1.82, 2.24) is 0 Å². The Hall–Kier alpha value is -2.48. The van der Waals surface area contributed by atoms with E-state index in [1.165, 1.54) is 52.3 Å². The normalized spacial score (nSPS) is 9.81. The average molecular weight is 430 g/mol. The second-order valence-electron chi connectivity index (χ2n) is 5.16. The lowest BCUT2D eigenvalue weighted by molar-refractivity contribution is 0.0590. The number of methoxy groups -OCH3 is 2. The van der Waals surface area contributed by atoms with Gasteiger partial charge in [0, 0.05) is 11.1 Å².